The quantitative estimate of drug-likeness (QED) is 0.607. The third-order valence-electron chi connectivity index (χ3n) is 3.66. The summed E-state index contributed by atoms with van der Waals surface area (Å²) in [6, 6.07) is 12.9. The van der Waals surface area contributed by atoms with E-state index in [9.17, 15) is 13.7 Å². The van der Waals surface area contributed by atoms with E-state index in [2.05, 4.69) is 10.3 Å². The molecule has 1 aromatic heterocycles. The zero-order valence-corrected chi connectivity index (χ0v) is 15.5. The Labute approximate surface area is 160 Å². The van der Waals surface area contributed by atoms with E-state index in [-0.39, 0.29) is 22.1 Å². The fourth-order valence-corrected chi connectivity index (χ4v) is 3.50. The number of anilines is 1. The van der Waals surface area contributed by atoms with Crippen molar-refractivity contribution in [1.29, 1.82) is 5.26 Å². The maximum atomic E-state index is 11.9. The van der Waals surface area contributed by atoms with Gasteiger partial charge in [-0.2, -0.15) is 5.26 Å². The minimum Gasteiger partial charge on any atom is -0.435 e. The van der Waals surface area contributed by atoms with E-state index in [0.29, 0.717) is 21.8 Å². The smallest absolute Gasteiger partial charge is 0.239 e. The Balaban J connectivity index is 1.81. The second-order valence-electron chi connectivity index (χ2n) is 5.51. The molecular formula is C18H14ClN3O4S. The van der Waals surface area contributed by atoms with E-state index >= 15 is 0 Å². The van der Waals surface area contributed by atoms with Gasteiger partial charge in [0.05, 0.1) is 17.3 Å². The normalized spacial score (nSPS) is 12.1. The van der Waals surface area contributed by atoms with Gasteiger partial charge in [0.15, 0.2) is 15.4 Å². The number of fused-ring (bicyclic) bond motifs is 1. The fraction of sp³-hybridized carbons (Fsp3) is 0.111. The number of nitrogens with zero attached hydrogens (tertiary/aromatic N) is 2. The summed E-state index contributed by atoms with van der Waals surface area (Å²) in [5.74, 6) is -0.190. The lowest BCUT2D eigenvalue weighted by atomic mass is 10.3. The summed E-state index contributed by atoms with van der Waals surface area (Å²) in [4.78, 5) is 4.35. The van der Waals surface area contributed by atoms with Gasteiger partial charge in [-0.3, -0.25) is 0 Å². The second-order valence-corrected chi connectivity index (χ2v) is 8.06. The fourth-order valence-electron chi connectivity index (χ4n) is 2.31. The number of hydrogen-bond acceptors (Lipinski definition) is 7. The monoisotopic (exact) mass is 403 g/mol. The molecule has 3 rings (SSSR count). The zero-order valence-electron chi connectivity index (χ0n) is 13.9. The molecule has 7 nitrogen and oxygen atoms in total. The molecule has 0 saturated carbocycles. The summed E-state index contributed by atoms with van der Waals surface area (Å²) in [5.41, 5.74) is 1.79. The van der Waals surface area contributed by atoms with Crippen molar-refractivity contribution in [3.63, 3.8) is 0 Å². The van der Waals surface area contributed by atoms with Crippen molar-refractivity contribution in [1.82, 2.24) is 4.98 Å². The Kier molecular flexibility index (Phi) is 5.46. The van der Waals surface area contributed by atoms with Crippen molar-refractivity contribution in [2.24, 2.45) is 0 Å². The summed E-state index contributed by atoms with van der Waals surface area (Å²) in [5, 5.41) is 21.6. The largest absolute Gasteiger partial charge is 0.435 e. The van der Waals surface area contributed by atoms with E-state index in [1.807, 2.05) is 6.07 Å². The Morgan fingerprint density at radius 1 is 1.30 bits per heavy atom. The van der Waals surface area contributed by atoms with Gasteiger partial charge in [-0.1, -0.05) is 11.6 Å². The predicted octanol–water partition coefficient (Wildman–Crippen LogP) is 3.22. The van der Waals surface area contributed by atoms with Gasteiger partial charge in [0, 0.05) is 16.9 Å². The van der Waals surface area contributed by atoms with E-state index in [1.165, 1.54) is 18.3 Å². The zero-order chi connectivity index (χ0) is 19.4. The molecule has 2 aromatic carbocycles. The van der Waals surface area contributed by atoms with E-state index in [1.54, 1.807) is 30.3 Å². The minimum absolute atomic E-state index is 0.113. The Bertz CT molecular complexity index is 1150. The number of nitrogens with one attached hydrogen (secondary N) is 1. The molecule has 3 aromatic rings. The lowest BCUT2D eigenvalue weighted by Gasteiger charge is -2.05. The molecule has 0 atom stereocenters. The molecular weight excluding hydrogens is 390 g/mol. The third-order valence-corrected chi connectivity index (χ3v) is 5.60. The maximum absolute atomic E-state index is 11.9. The highest BCUT2D eigenvalue weighted by molar-refractivity contribution is 7.91. The molecule has 0 aliphatic rings. The van der Waals surface area contributed by atoms with Crippen molar-refractivity contribution in [2.45, 2.75) is 4.90 Å². The molecule has 0 aliphatic carbocycles. The topological polar surface area (TPSA) is 116 Å². The van der Waals surface area contributed by atoms with Gasteiger partial charge < -0.3 is 14.8 Å². The van der Waals surface area contributed by atoms with Crippen molar-refractivity contribution >= 4 is 43.8 Å². The molecule has 0 saturated heterocycles. The van der Waals surface area contributed by atoms with Crippen LogP contribution in [0.25, 0.3) is 16.7 Å². The van der Waals surface area contributed by atoms with Crippen LogP contribution in [-0.2, 0) is 9.84 Å². The number of oxazole rings is 1. The SMILES string of the molecule is N#C/C(=C/Nc1ccc(S(=O)(=O)CCO)cc1)c1nc2cc(Cl)ccc2o1. The van der Waals surface area contributed by atoms with Crippen LogP contribution in [-0.4, -0.2) is 30.9 Å². The number of sulfone groups is 1. The van der Waals surface area contributed by atoms with Crippen LogP contribution in [0.4, 0.5) is 5.69 Å². The first kappa shape index (κ1) is 18.9. The second kappa shape index (κ2) is 7.80. The summed E-state index contributed by atoms with van der Waals surface area (Å²) >= 11 is 5.92. The van der Waals surface area contributed by atoms with Gasteiger partial charge in [0.1, 0.15) is 17.2 Å². The Morgan fingerprint density at radius 3 is 2.70 bits per heavy atom. The standard InChI is InChI=1S/C18H14ClN3O4S/c19-13-1-6-17-16(9-13)22-18(26-17)12(10-20)11-21-14-2-4-15(5-3-14)27(24,25)8-7-23/h1-6,9,11,21,23H,7-8H2/b12-11-. The van der Waals surface area contributed by atoms with Crippen LogP contribution in [0.2, 0.25) is 5.02 Å². The van der Waals surface area contributed by atoms with Crippen LogP contribution in [0.3, 0.4) is 0 Å². The number of aromatic nitrogens is 1. The number of aliphatic hydroxyl groups is 1. The van der Waals surface area contributed by atoms with E-state index < -0.39 is 16.4 Å². The number of nitriles is 1. The lowest BCUT2D eigenvalue weighted by Crippen LogP contribution is -2.09. The third kappa shape index (κ3) is 4.28. The molecule has 0 aliphatic heterocycles. The van der Waals surface area contributed by atoms with Gasteiger partial charge in [-0.05, 0) is 42.5 Å². The van der Waals surface area contributed by atoms with Crippen LogP contribution in [0.15, 0.2) is 58.0 Å². The first-order chi connectivity index (χ1) is 12.9. The van der Waals surface area contributed by atoms with Crippen molar-refractivity contribution in [3.8, 4) is 6.07 Å². The number of rotatable bonds is 6. The Hall–Kier alpha value is -2.86. The molecule has 0 fully saturated rings. The molecule has 138 valence electrons. The molecule has 0 unspecified atom stereocenters. The highest BCUT2D eigenvalue weighted by Gasteiger charge is 2.14. The molecule has 0 radical (unpaired) electrons. The molecule has 0 amide bonds. The van der Waals surface area contributed by atoms with Crippen LogP contribution >= 0.6 is 11.6 Å². The van der Waals surface area contributed by atoms with Crippen LogP contribution < -0.4 is 5.32 Å². The van der Waals surface area contributed by atoms with Crippen LogP contribution in [0.5, 0.6) is 0 Å². The van der Waals surface area contributed by atoms with Crippen molar-refractivity contribution in [2.75, 3.05) is 17.7 Å². The molecule has 0 spiro atoms. The first-order valence-electron chi connectivity index (χ1n) is 7.80. The maximum Gasteiger partial charge on any atom is 0.239 e. The number of aliphatic hydroxyl groups excluding tert-OH is 1. The average molecular weight is 404 g/mol. The number of halogens is 1. The number of hydrogen-bond donors (Lipinski definition) is 2. The minimum atomic E-state index is -3.51. The lowest BCUT2D eigenvalue weighted by molar-refractivity contribution is 0.319. The van der Waals surface area contributed by atoms with Crippen LogP contribution in [0, 0.1) is 11.3 Å². The summed E-state index contributed by atoms with van der Waals surface area (Å²) in [7, 11) is -3.51. The predicted molar refractivity (Wildman–Crippen MR) is 102 cm³/mol. The van der Waals surface area contributed by atoms with E-state index in [4.69, 9.17) is 21.1 Å². The first-order valence-corrected chi connectivity index (χ1v) is 9.83. The summed E-state index contributed by atoms with van der Waals surface area (Å²) < 4.78 is 29.3. The molecule has 27 heavy (non-hydrogen) atoms. The van der Waals surface area contributed by atoms with Crippen molar-refractivity contribution in [3.05, 3.63) is 59.6 Å². The summed E-state index contributed by atoms with van der Waals surface area (Å²) in [6.45, 7) is -0.438. The molecule has 2 N–H and O–H groups in total. The molecule has 9 heteroatoms. The summed E-state index contributed by atoms with van der Waals surface area (Å²) in [6.07, 6.45) is 1.42. The van der Waals surface area contributed by atoms with Gasteiger partial charge in [0.25, 0.3) is 0 Å². The molecule has 1 heterocycles. The van der Waals surface area contributed by atoms with Gasteiger partial charge in [-0.15, -0.1) is 0 Å². The van der Waals surface area contributed by atoms with Crippen molar-refractivity contribution < 1.29 is 17.9 Å². The number of allylic oxidation sites excluding steroid dienone is 1. The molecule has 0 bridgehead atoms. The van der Waals surface area contributed by atoms with Gasteiger partial charge >= 0.3 is 0 Å². The Morgan fingerprint density at radius 2 is 2.04 bits per heavy atom. The van der Waals surface area contributed by atoms with Gasteiger partial charge in [-0.25, -0.2) is 13.4 Å². The van der Waals surface area contributed by atoms with E-state index in [0.717, 1.165) is 0 Å². The highest BCUT2D eigenvalue weighted by Crippen LogP contribution is 2.24. The number of benzene rings is 2. The average Bonchev–Trinajstić information content (AvgIpc) is 3.05. The highest BCUT2D eigenvalue weighted by atomic mass is 35.5. The van der Waals surface area contributed by atoms with Crippen LogP contribution in [0.1, 0.15) is 5.89 Å². The van der Waals surface area contributed by atoms with Gasteiger partial charge in [0.2, 0.25) is 5.89 Å².